The lowest BCUT2D eigenvalue weighted by atomic mass is 10.2. The molecule has 1 aromatic rings. The minimum Gasteiger partial charge on any atom is -0.381 e. The number of nitrogens with two attached hydrogens (primary N) is 1. The molecule has 19 heavy (non-hydrogen) atoms. The Morgan fingerprint density at radius 1 is 1.37 bits per heavy atom. The fourth-order valence-corrected chi connectivity index (χ4v) is 1.58. The van der Waals surface area contributed by atoms with Gasteiger partial charge in [0.2, 0.25) is 5.91 Å². The van der Waals surface area contributed by atoms with Gasteiger partial charge in [-0.15, -0.1) is 0 Å². The molecule has 2 amide bonds. The monoisotopic (exact) mass is 266 g/mol. The van der Waals surface area contributed by atoms with Gasteiger partial charge >= 0.3 is 0 Å². The smallest absolute Gasteiger partial charge is 0.254 e. The SMILES string of the molecule is Nc1nccc(C(=O)NCCNC(=O)C2CC2)c1F. The molecule has 1 aromatic heterocycles. The van der Waals surface area contributed by atoms with E-state index in [1.165, 1.54) is 12.3 Å². The number of carbonyl (C=O) groups excluding carboxylic acids is 2. The van der Waals surface area contributed by atoms with Crippen LogP contribution in [0.4, 0.5) is 10.2 Å². The van der Waals surface area contributed by atoms with Crippen molar-refractivity contribution in [2.24, 2.45) is 5.92 Å². The third-order valence-electron chi connectivity index (χ3n) is 2.82. The van der Waals surface area contributed by atoms with Crippen LogP contribution in [0, 0.1) is 11.7 Å². The summed E-state index contributed by atoms with van der Waals surface area (Å²) in [4.78, 5) is 26.5. The Bertz CT molecular complexity index is 503. The van der Waals surface area contributed by atoms with Crippen LogP contribution in [0.5, 0.6) is 0 Å². The molecule has 4 N–H and O–H groups in total. The summed E-state index contributed by atoms with van der Waals surface area (Å²) in [6.45, 7) is 0.558. The summed E-state index contributed by atoms with van der Waals surface area (Å²) in [6, 6.07) is 1.25. The molecule has 0 aliphatic heterocycles. The highest BCUT2D eigenvalue weighted by atomic mass is 19.1. The van der Waals surface area contributed by atoms with Crippen molar-refractivity contribution in [2.75, 3.05) is 18.8 Å². The van der Waals surface area contributed by atoms with Crippen LogP contribution >= 0.6 is 0 Å². The molecule has 0 aromatic carbocycles. The van der Waals surface area contributed by atoms with Crippen LogP contribution in [0.15, 0.2) is 12.3 Å². The van der Waals surface area contributed by atoms with Crippen LogP contribution in [0.25, 0.3) is 0 Å². The summed E-state index contributed by atoms with van der Waals surface area (Å²) in [5.41, 5.74) is 5.12. The van der Waals surface area contributed by atoms with Crippen molar-refractivity contribution in [3.63, 3.8) is 0 Å². The summed E-state index contributed by atoms with van der Waals surface area (Å²) < 4.78 is 13.5. The molecule has 0 spiro atoms. The Balaban J connectivity index is 1.77. The lowest BCUT2D eigenvalue weighted by molar-refractivity contribution is -0.122. The van der Waals surface area contributed by atoms with Crippen molar-refractivity contribution < 1.29 is 14.0 Å². The average Bonchev–Trinajstić information content (AvgIpc) is 3.21. The summed E-state index contributed by atoms with van der Waals surface area (Å²) in [6.07, 6.45) is 3.13. The molecule has 6 nitrogen and oxygen atoms in total. The number of carbonyl (C=O) groups is 2. The maximum Gasteiger partial charge on any atom is 0.254 e. The Morgan fingerprint density at radius 2 is 2.05 bits per heavy atom. The zero-order valence-corrected chi connectivity index (χ0v) is 10.3. The van der Waals surface area contributed by atoms with E-state index in [0.29, 0.717) is 6.54 Å². The quantitative estimate of drug-likeness (QED) is 0.656. The predicted octanol–water partition coefficient (Wildman–Crippen LogP) is 0.0589. The molecule has 0 unspecified atom stereocenters. The van der Waals surface area contributed by atoms with Crippen LogP contribution in [0.3, 0.4) is 0 Å². The Kier molecular flexibility index (Phi) is 3.94. The van der Waals surface area contributed by atoms with Gasteiger partial charge in [-0.05, 0) is 18.9 Å². The second-order valence-corrected chi connectivity index (χ2v) is 4.38. The summed E-state index contributed by atoms with van der Waals surface area (Å²) in [5.74, 6) is -1.58. The number of rotatable bonds is 5. The topological polar surface area (TPSA) is 97.1 Å². The van der Waals surface area contributed by atoms with E-state index in [1.54, 1.807) is 0 Å². The fraction of sp³-hybridized carbons (Fsp3) is 0.417. The molecule has 1 fully saturated rings. The van der Waals surface area contributed by atoms with E-state index in [-0.39, 0.29) is 29.8 Å². The minimum absolute atomic E-state index is 0.00795. The van der Waals surface area contributed by atoms with Crippen molar-refractivity contribution in [2.45, 2.75) is 12.8 Å². The molecular weight excluding hydrogens is 251 g/mol. The van der Waals surface area contributed by atoms with Gasteiger partial charge in [0.25, 0.3) is 5.91 Å². The van der Waals surface area contributed by atoms with Crippen molar-refractivity contribution in [1.82, 2.24) is 15.6 Å². The third-order valence-corrected chi connectivity index (χ3v) is 2.82. The Hall–Kier alpha value is -2.18. The largest absolute Gasteiger partial charge is 0.381 e. The number of hydrogen-bond acceptors (Lipinski definition) is 4. The predicted molar refractivity (Wildman–Crippen MR) is 66.7 cm³/mol. The van der Waals surface area contributed by atoms with E-state index in [0.717, 1.165) is 12.8 Å². The summed E-state index contributed by atoms with van der Waals surface area (Å²) >= 11 is 0. The lowest BCUT2D eigenvalue weighted by Crippen LogP contribution is -2.35. The average molecular weight is 266 g/mol. The summed E-state index contributed by atoms with van der Waals surface area (Å²) in [7, 11) is 0. The molecule has 0 saturated heterocycles. The van der Waals surface area contributed by atoms with E-state index in [4.69, 9.17) is 5.73 Å². The highest BCUT2D eigenvalue weighted by molar-refractivity contribution is 5.95. The van der Waals surface area contributed by atoms with Crippen molar-refractivity contribution in [3.8, 4) is 0 Å². The highest BCUT2D eigenvalue weighted by Gasteiger charge is 2.29. The molecule has 1 aliphatic carbocycles. The fourth-order valence-electron chi connectivity index (χ4n) is 1.58. The molecule has 1 aliphatic rings. The molecule has 2 rings (SSSR count). The zero-order valence-electron chi connectivity index (χ0n) is 10.3. The summed E-state index contributed by atoms with van der Waals surface area (Å²) in [5, 5.41) is 5.20. The maximum atomic E-state index is 13.5. The first kappa shape index (κ1) is 13.3. The van der Waals surface area contributed by atoms with Gasteiger partial charge < -0.3 is 16.4 Å². The van der Waals surface area contributed by atoms with E-state index >= 15 is 0 Å². The number of nitrogens with one attached hydrogen (secondary N) is 2. The molecule has 102 valence electrons. The molecule has 1 heterocycles. The Morgan fingerprint density at radius 3 is 2.74 bits per heavy atom. The van der Waals surface area contributed by atoms with Gasteiger partial charge in [0.05, 0.1) is 5.56 Å². The van der Waals surface area contributed by atoms with E-state index in [9.17, 15) is 14.0 Å². The van der Waals surface area contributed by atoms with Crippen molar-refractivity contribution in [1.29, 1.82) is 0 Å². The standard InChI is InChI=1S/C12H15FN4O2/c13-9-8(3-4-15-10(9)14)12(19)17-6-5-16-11(18)7-1-2-7/h3-4,7H,1-2,5-6H2,(H2,14,15)(H,16,18)(H,17,19). The van der Waals surface area contributed by atoms with Crippen LogP contribution < -0.4 is 16.4 Å². The van der Waals surface area contributed by atoms with Crippen LogP contribution in [0.2, 0.25) is 0 Å². The number of nitrogen functional groups attached to an aromatic ring is 1. The molecule has 1 saturated carbocycles. The molecule has 7 heteroatoms. The van der Waals surface area contributed by atoms with Crippen LogP contribution in [-0.4, -0.2) is 29.9 Å². The number of anilines is 1. The van der Waals surface area contributed by atoms with Crippen molar-refractivity contribution in [3.05, 3.63) is 23.6 Å². The normalized spacial score (nSPS) is 13.9. The Labute approximate surface area is 109 Å². The van der Waals surface area contributed by atoms with E-state index in [2.05, 4.69) is 15.6 Å². The second kappa shape index (κ2) is 5.64. The van der Waals surface area contributed by atoms with Gasteiger partial charge in [-0.3, -0.25) is 9.59 Å². The minimum atomic E-state index is -0.831. The molecule has 0 bridgehead atoms. The van der Waals surface area contributed by atoms with Crippen LogP contribution in [-0.2, 0) is 4.79 Å². The third kappa shape index (κ3) is 3.40. The molecule has 0 atom stereocenters. The number of pyridine rings is 1. The van der Waals surface area contributed by atoms with E-state index in [1.807, 2.05) is 0 Å². The van der Waals surface area contributed by atoms with Gasteiger partial charge in [-0.25, -0.2) is 9.37 Å². The van der Waals surface area contributed by atoms with Crippen molar-refractivity contribution >= 4 is 17.6 Å². The van der Waals surface area contributed by atoms with Crippen LogP contribution in [0.1, 0.15) is 23.2 Å². The van der Waals surface area contributed by atoms with Gasteiger partial charge in [-0.2, -0.15) is 0 Å². The molecule has 0 radical (unpaired) electrons. The van der Waals surface area contributed by atoms with Gasteiger partial charge in [0.1, 0.15) is 0 Å². The highest BCUT2D eigenvalue weighted by Crippen LogP contribution is 2.28. The van der Waals surface area contributed by atoms with Gasteiger partial charge in [-0.1, -0.05) is 0 Å². The number of nitrogens with zero attached hydrogens (tertiary/aromatic N) is 1. The second-order valence-electron chi connectivity index (χ2n) is 4.38. The number of halogens is 1. The van der Waals surface area contributed by atoms with Gasteiger partial charge in [0, 0.05) is 25.2 Å². The zero-order chi connectivity index (χ0) is 13.8. The first-order valence-corrected chi connectivity index (χ1v) is 6.05. The van der Waals surface area contributed by atoms with E-state index < -0.39 is 11.7 Å². The number of hydrogen-bond donors (Lipinski definition) is 3. The van der Waals surface area contributed by atoms with Gasteiger partial charge in [0.15, 0.2) is 11.6 Å². The number of amides is 2. The number of aromatic nitrogens is 1. The lowest BCUT2D eigenvalue weighted by Gasteiger charge is -2.07. The maximum absolute atomic E-state index is 13.5. The first-order chi connectivity index (χ1) is 9.09. The molecular formula is C12H15FN4O2. The first-order valence-electron chi connectivity index (χ1n) is 6.05.